The minimum atomic E-state index is -0.211. The summed E-state index contributed by atoms with van der Waals surface area (Å²) in [7, 11) is 0. The molecule has 17 heavy (non-hydrogen) atoms. The van der Waals surface area contributed by atoms with E-state index in [1.165, 1.54) is 4.90 Å². The van der Waals surface area contributed by atoms with Crippen LogP contribution in [-0.2, 0) is 9.53 Å². The molecule has 3 nitrogen and oxygen atoms in total. The van der Waals surface area contributed by atoms with Crippen molar-refractivity contribution in [3.05, 3.63) is 30.3 Å². The number of thioether (sulfide) groups is 1. The van der Waals surface area contributed by atoms with Gasteiger partial charge in [-0.3, -0.25) is 4.79 Å². The van der Waals surface area contributed by atoms with Gasteiger partial charge in [0.25, 0.3) is 0 Å². The second-order valence-electron chi connectivity index (χ2n) is 3.95. The van der Waals surface area contributed by atoms with E-state index in [4.69, 9.17) is 4.74 Å². The molecule has 1 aliphatic heterocycles. The lowest BCUT2D eigenvalue weighted by Crippen LogP contribution is -2.35. The average Bonchev–Trinajstić information content (AvgIpc) is 2.89. The lowest BCUT2D eigenvalue weighted by atomic mass is 10.2. The summed E-state index contributed by atoms with van der Waals surface area (Å²) in [6, 6.07) is 10.2. The molecule has 1 atom stereocenters. The fraction of sp³-hybridized carbons (Fsp3) is 0.462. The molecule has 4 heteroatoms. The lowest BCUT2D eigenvalue weighted by molar-refractivity contribution is -0.129. The maximum Gasteiger partial charge on any atom is 0.249 e. The number of amides is 1. The van der Waals surface area contributed by atoms with Gasteiger partial charge in [0.15, 0.2) is 0 Å². The quantitative estimate of drug-likeness (QED) is 0.643. The fourth-order valence-electron chi connectivity index (χ4n) is 1.76. The van der Waals surface area contributed by atoms with Crippen LogP contribution in [0.1, 0.15) is 12.8 Å². The number of hydrogen-bond acceptors (Lipinski definition) is 3. The lowest BCUT2D eigenvalue weighted by Gasteiger charge is -2.09. The first-order chi connectivity index (χ1) is 8.36. The smallest absolute Gasteiger partial charge is 0.249 e. The third-order valence-corrected chi connectivity index (χ3v) is 3.65. The predicted octanol–water partition coefficient (Wildman–Crippen LogP) is 2.07. The summed E-state index contributed by atoms with van der Waals surface area (Å²) in [5, 5.41) is 2.91. The Morgan fingerprint density at radius 1 is 1.41 bits per heavy atom. The number of carbonyl (C=O) groups is 1. The zero-order valence-corrected chi connectivity index (χ0v) is 10.5. The fourth-order valence-corrected chi connectivity index (χ4v) is 2.55. The van der Waals surface area contributed by atoms with Crippen molar-refractivity contribution in [2.45, 2.75) is 23.8 Å². The van der Waals surface area contributed by atoms with Gasteiger partial charge in [0.1, 0.15) is 6.10 Å². The first-order valence-corrected chi connectivity index (χ1v) is 6.92. The van der Waals surface area contributed by atoms with Crippen molar-refractivity contribution in [2.75, 3.05) is 18.9 Å². The largest absolute Gasteiger partial charge is 0.368 e. The van der Waals surface area contributed by atoms with Gasteiger partial charge < -0.3 is 10.1 Å². The molecule has 1 aromatic rings. The molecule has 2 rings (SSSR count). The van der Waals surface area contributed by atoms with E-state index in [1.807, 2.05) is 18.2 Å². The van der Waals surface area contributed by atoms with Crippen molar-refractivity contribution >= 4 is 17.7 Å². The molecule has 1 aromatic carbocycles. The number of nitrogens with one attached hydrogen (secondary N) is 1. The first-order valence-electron chi connectivity index (χ1n) is 5.93. The Bertz CT molecular complexity index is 350. The Hall–Kier alpha value is -1.00. The van der Waals surface area contributed by atoms with E-state index in [0.717, 1.165) is 25.2 Å². The standard InChI is InChI=1S/C13H17NO2S/c15-13(12-7-4-9-16-12)14-8-10-17-11-5-2-1-3-6-11/h1-3,5-6,12H,4,7-10H2,(H,14,15). The van der Waals surface area contributed by atoms with Crippen LogP contribution in [-0.4, -0.2) is 30.9 Å². The van der Waals surface area contributed by atoms with Crippen molar-refractivity contribution < 1.29 is 9.53 Å². The molecule has 1 heterocycles. The van der Waals surface area contributed by atoms with Gasteiger partial charge in [-0.25, -0.2) is 0 Å². The number of hydrogen-bond donors (Lipinski definition) is 1. The van der Waals surface area contributed by atoms with Crippen molar-refractivity contribution in [1.29, 1.82) is 0 Å². The van der Waals surface area contributed by atoms with Crippen LogP contribution in [0, 0.1) is 0 Å². The molecule has 0 radical (unpaired) electrons. The Kier molecular flexibility index (Phi) is 4.88. The number of carbonyl (C=O) groups excluding carboxylic acids is 1. The SMILES string of the molecule is O=C(NCCSc1ccccc1)C1CCCO1. The molecular formula is C13H17NO2S. The Labute approximate surface area is 106 Å². The van der Waals surface area contributed by atoms with Crippen LogP contribution in [0.15, 0.2) is 35.2 Å². The van der Waals surface area contributed by atoms with Gasteiger partial charge in [0, 0.05) is 23.8 Å². The van der Waals surface area contributed by atoms with Gasteiger partial charge in [-0.1, -0.05) is 18.2 Å². The van der Waals surface area contributed by atoms with Crippen molar-refractivity contribution in [1.82, 2.24) is 5.32 Å². The highest BCUT2D eigenvalue weighted by atomic mass is 32.2. The van der Waals surface area contributed by atoms with Crippen LogP contribution in [0.2, 0.25) is 0 Å². The summed E-state index contributed by atoms with van der Waals surface area (Å²) in [6.07, 6.45) is 1.64. The summed E-state index contributed by atoms with van der Waals surface area (Å²) in [4.78, 5) is 12.8. The molecule has 0 aliphatic carbocycles. The minimum Gasteiger partial charge on any atom is -0.368 e. The van der Waals surface area contributed by atoms with Crippen LogP contribution in [0.5, 0.6) is 0 Å². The molecule has 92 valence electrons. The van der Waals surface area contributed by atoms with E-state index in [9.17, 15) is 4.79 Å². The number of rotatable bonds is 5. The van der Waals surface area contributed by atoms with E-state index in [-0.39, 0.29) is 12.0 Å². The number of benzene rings is 1. The van der Waals surface area contributed by atoms with Gasteiger partial charge in [0.05, 0.1) is 0 Å². The maximum absolute atomic E-state index is 11.6. The van der Waals surface area contributed by atoms with Gasteiger partial charge in [0.2, 0.25) is 5.91 Å². The highest BCUT2D eigenvalue weighted by Gasteiger charge is 2.22. The normalized spacial score (nSPS) is 19.2. The molecule has 1 saturated heterocycles. The van der Waals surface area contributed by atoms with Crippen LogP contribution < -0.4 is 5.32 Å². The van der Waals surface area contributed by atoms with E-state index >= 15 is 0 Å². The molecule has 0 bridgehead atoms. The topological polar surface area (TPSA) is 38.3 Å². The molecule has 1 fully saturated rings. The van der Waals surface area contributed by atoms with Crippen LogP contribution in [0.3, 0.4) is 0 Å². The maximum atomic E-state index is 11.6. The van der Waals surface area contributed by atoms with Crippen LogP contribution in [0.4, 0.5) is 0 Å². The summed E-state index contributed by atoms with van der Waals surface area (Å²) in [5.74, 6) is 0.929. The molecule has 1 N–H and O–H groups in total. The second kappa shape index (κ2) is 6.67. The Balaban J connectivity index is 1.61. The van der Waals surface area contributed by atoms with Gasteiger partial charge in [-0.2, -0.15) is 0 Å². The molecule has 0 spiro atoms. The third-order valence-electron chi connectivity index (χ3n) is 2.64. The van der Waals surface area contributed by atoms with E-state index < -0.39 is 0 Å². The van der Waals surface area contributed by atoms with Crippen LogP contribution in [0.25, 0.3) is 0 Å². The zero-order chi connectivity index (χ0) is 11.9. The summed E-state index contributed by atoms with van der Waals surface area (Å²) in [6.45, 7) is 1.41. The van der Waals surface area contributed by atoms with E-state index in [0.29, 0.717) is 6.54 Å². The van der Waals surface area contributed by atoms with Crippen molar-refractivity contribution in [3.63, 3.8) is 0 Å². The van der Waals surface area contributed by atoms with Gasteiger partial charge in [-0.05, 0) is 25.0 Å². The molecular weight excluding hydrogens is 234 g/mol. The monoisotopic (exact) mass is 251 g/mol. The second-order valence-corrected chi connectivity index (χ2v) is 5.12. The molecule has 1 aliphatic rings. The summed E-state index contributed by atoms with van der Waals surface area (Å²) >= 11 is 1.75. The molecule has 0 saturated carbocycles. The first kappa shape index (κ1) is 12.5. The molecule has 1 amide bonds. The number of ether oxygens (including phenoxy) is 1. The minimum absolute atomic E-state index is 0.0381. The Morgan fingerprint density at radius 2 is 2.24 bits per heavy atom. The molecule has 1 unspecified atom stereocenters. The van der Waals surface area contributed by atoms with Crippen LogP contribution >= 0.6 is 11.8 Å². The highest BCUT2D eigenvalue weighted by molar-refractivity contribution is 7.99. The van der Waals surface area contributed by atoms with E-state index in [2.05, 4.69) is 17.4 Å². The highest BCUT2D eigenvalue weighted by Crippen LogP contribution is 2.16. The summed E-state index contributed by atoms with van der Waals surface area (Å²) < 4.78 is 5.31. The third kappa shape index (κ3) is 4.06. The predicted molar refractivity (Wildman–Crippen MR) is 69.1 cm³/mol. The Morgan fingerprint density at radius 3 is 2.94 bits per heavy atom. The zero-order valence-electron chi connectivity index (χ0n) is 9.72. The van der Waals surface area contributed by atoms with Gasteiger partial charge in [-0.15, -0.1) is 11.8 Å². The van der Waals surface area contributed by atoms with E-state index in [1.54, 1.807) is 11.8 Å². The molecule has 0 aromatic heterocycles. The average molecular weight is 251 g/mol. The van der Waals surface area contributed by atoms with Crippen molar-refractivity contribution in [3.8, 4) is 0 Å². The van der Waals surface area contributed by atoms with Gasteiger partial charge >= 0.3 is 0 Å². The summed E-state index contributed by atoms with van der Waals surface area (Å²) in [5.41, 5.74) is 0. The van der Waals surface area contributed by atoms with Crippen molar-refractivity contribution in [2.24, 2.45) is 0 Å².